The van der Waals surface area contributed by atoms with Crippen LogP contribution in [-0.2, 0) is 16.1 Å². The second kappa shape index (κ2) is 11.7. The first-order chi connectivity index (χ1) is 15.0. The molecule has 3 rings (SSSR count). The average molecular weight is 447 g/mol. The molecule has 0 aliphatic rings. The minimum Gasteiger partial charge on any atom is -0.493 e. The lowest BCUT2D eigenvalue weighted by molar-refractivity contribution is -0.137. The van der Waals surface area contributed by atoms with Crippen molar-refractivity contribution in [2.24, 2.45) is 10.2 Å². The maximum absolute atomic E-state index is 12.0. The van der Waals surface area contributed by atoms with Gasteiger partial charge in [0.05, 0.1) is 5.52 Å². The van der Waals surface area contributed by atoms with Crippen LogP contribution in [0.5, 0.6) is 5.88 Å². The van der Waals surface area contributed by atoms with Crippen molar-refractivity contribution in [3.8, 4) is 5.88 Å². The van der Waals surface area contributed by atoms with Crippen LogP contribution in [0.4, 0.5) is 11.4 Å². The predicted molar refractivity (Wildman–Crippen MR) is 118 cm³/mol. The van der Waals surface area contributed by atoms with Crippen LogP contribution in [0.1, 0.15) is 12.8 Å². The number of carboxylic acids is 1. The first-order valence-corrected chi connectivity index (χ1v) is 9.74. The summed E-state index contributed by atoms with van der Waals surface area (Å²) in [6.45, 7) is 0.151. The van der Waals surface area contributed by atoms with E-state index in [4.69, 9.17) is 21.8 Å². The summed E-state index contributed by atoms with van der Waals surface area (Å²) in [4.78, 5) is 23.1. The molecule has 0 atom stereocenters. The zero-order chi connectivity index (χ0) is 22.8. The lowest BCUT2D eigenvalue weighted by atomic mass is 10.2. The topological polar surface area (TPSA) is 137 Å². The van der Waals surface area contributed by atoms with Gasteiger partial charge in [-0.15, -0.1) is 10.2 Å². The van der Waals surface area contributed by atoms with Crippen LogP contribution >= 0.6 is 11.6 Å². The van der Waals surface area contributed by atoms with Gasteiger partial charge in [0.1, 0.15) is 6.54 Å². The Balaban J connectivity index is 0.00000166. The fraction of sp³-hybridized carbons (Fsp3) is 0.238. The van der Waals surface area contributed by atoms with E-state index in [-0.39, 0.29) is 18.0 Å². The number of hydrogen-bond donors (Lipinski definition) is 4. The molecule has 9 nitrogen and oxygen atoms in total. The third kappa shape index (κ3) is 6.53. The molecule has 0 unspecified atom stereocenters. The van der Waals surface area contributed by atoms with E-state index in [1.54, 1.807) is 36.4 Å². The molecule has 0 fully saturated rings. The molecular formula is C21H23ClN4O5. The van der Waals surface area contributed by atoms with Gasteiger partial charge in [-0.05, 0) is 36.8 Å². The van der Waals surface area contributed by atoms with Crippen LogP contribution < -0.4 is 5.32 Å². The van der Waals surface area contributed by atoms with Gasteiger partial charge in [0.15, 0.2) is 5.69 Å². The van der Waals surface area contributed by atoms with E-state index >= 15 is 0 Å². The predicted octanol–water partition coefficient (Wildman–Crippen LogP) is 4.20. The highest BCUT2D eigenvalue weighted by molar-refractivity contribution is 6.30. The Morgan fingerprint density at radius 1 is 1.10 bits per heavy atom. The smallest absolute Gasteiger partial charge is 0.323 e. The lowest BCUT2D eigenvalue weighted by Crippen LogP contribution is -2.07. The molecule has 1 amide bonds. The Hall–Kier alpha value is -3.43. The number of rotatable bonds is 8. The summed E-state index contributed by atoms with van der Waals surface area (Å²) in [5, 5.41) is 38.3. The number of carbonyl (C=O) groups is 2. The van der Waals surface area contributed by atoms with Crippen molar-refractivity contribution >= 4 is 45.8 Å². The fourth-order valence-electron chi connectivity index (χ4n) is 2.86. The van der Waals surface area contributed by atoms with Crippen LogP contribution in [0, 0.1) is 0 Å². The normalized spacial score (nSPS) is 10.7. The van der Waals surface area contributed by atoms with Gasteiger partial charge in [-0.25, -0.2) is 0 Å². The standard InChI is InChI=1S/C20H19ClN4O4.CH4O/c21-13-7-9-14(10-8-13)22-11-3-6-17(26)23-24-19-15-4-1-2-5-16(15)25(20(19)29)12-18(27)28;1-2/h1-2,4-5,7-10,22,29H,3,6,11-12H2,(H,27,28);2H,1H3. The summed E-state index contributed by atoms with van der Waals surface area (Å²) in [6.07, 6.45) is 0.728. The molecule has 3 aromatic rings. The number of aliphatic hydroxyl groups excluding tert-OH is 1. The minimum absolute atomic E-state index is 0.0782. The van der Waals surface area contributed by atoms with Crippen molar-refractivity contribution in [1.29, 1.82) is 0 Å². The number of carboxylic acid groups (broad SMARTS) is 1. The number of halogens is 1. The number of aromatic hydroxyl groups is 1. The number of nitrogens with one attached hydrogen (secondary N) is 1. The number of azo groups is 1. The maximum atomic E-state index is 12.0. The van der Waals surface area contributed by atoms with Crippen LogP contribution in [0.15, 0.2) is 58.8 Å². The number of aromatic nitrogens is 1. The first kappa shape index (κ1) is 23.8. The fourth-order valence-corrected chi connectivity index (χ4v) is 2.99. The summed E-state index contributed by atoms with van der Waals surface area (Å²) in [7, 11) is 1.00. The van der Waals surface area contributed by atoms with E-state index in [9.17, 15) is 14.7 Å². The van der Waals surface area contributed by atoms with Crippen molar-refractivity contribution in [1.82, 2.24) is 4.57 Å². The van der Waals surface area contributed by atoms with Crippen molar-refractivity contribution in [3.05, 3.63) is 53.6 Å². The Morgan fingerprint density at radius 2 is 1.77 bits per heavy atom. The van der Waals surface area contributed by atoms with Gasteiger partial charge in [-0.1, -0.05) is 29.8 Å². The molecule has 0 aliphatic carbocycles. The molecular weight excluding hydrogens is 424 g/mol. The van der Waals surface area contributed by atoms with E-state index in [0.29, 0.717) is 28.9 Å². The zero-order valence-electron chi connectivity index (χ0n) is 16.8. The monoisotopic (exact) mass is 446 g/mol. The molecule has 164 valence electrons. The number of para-hydroxylation sites is 1. The van der Waals surface area contributed by atoms with E-state index in [0.717, 1.165) is 12.8 Å². The highest BCUT2D eigenvalue weighted by Gasteiger charge is 2.18. The molecule has 4 N–H and O–H groups in total. The maximum Gasteiger partial charge on any atom is 0.323 e. The molecule has 1 heterocycles. The van der Waals surface area contributed by atoms with Gasteiger partial charge in [-0.2, -0.15) is 0 Å². The molecule has 0 radical (unpaired) electrons. The molecule has 0 spiro atoms. The number of carbonyl (C=O) groups excluding carboxylic acids is 1. The summed E-state index contributed by atoms with van der Waals surface area (Å²) >= 11 is 5.83. The molecule has 0 saturated carbocycles. The summed E-state index contributed by atoms with van der Waals surface area (Å²) < 4.78 is 1.21. The van der Waals surface area contributed by atoms with Gasteiger partial charge in [0.25, 0.3) is 5.91 Å². The molecule has 0 bridgehead atoms. The number of aliphatic carboxylic acids is 1. The zero-order valence-corrected chi connectivity index (χ0v) is 17.6. The average Bonchev–Trinajstić information content (AvgIpc) is 3.03. The van der Waals surface area contributed by atoms with Gasteiger partial charge < -0.3 is 20.6 Å². The number of aliphatic hydroxyl groups is 1. The largest absolute Gasteiger partial charge is 0.493 e. The number of nitrogens with zero attached hydrogens (tertiary/aromatic N) is 3. The number of amides is 1. The molecule has 31 heavy (non-hydrogen) atoms. The van der Waals surface area contributed by atoms with Crippen LogP contribution in [0.3, 0.4) is 0 Å². The van der Waals surface area contributed by atoms with Crippen molar-refractivity contribution < 1.29 is 24.9 Å². The van der Waals surface area contributed by atoms with E-state index < -0.39 is 18.4 Å². The van der Waals surface area contributed by atoms with Crippen LogP contribution in [0.25, 0.3) is 10.9 Å². The van der Waals surface area contributed by atoms with Crippen molar-refractivity contribution in [2.45, 2.75) is 19.4 Å². The Morgan fingerprint density at radius 3 is 2.45 bits per heavy atom. The van der Waals surface area contributed by atoms with E-state index in [2.05, 4.69) is 15.5 Å². The summed E-state index contributed by atoms with van der Waals surface area (Å²) in [6, 6.07) is 14.0. The number of hydrogen-bond acceptors (Lipinski definition) is 6. The lowest BCUT2D eigenvalue weighted by Gasteiger charge is -2.04. The number of fused-ring (bicyclic) bond motifs is 1. The van der Waals surface area contributed by atoms with Gasteiger partial charge in [-0.3, -0.25) is 14.2 Å². The van der Waals surface area contributed by atoms with Gasteiger partial charge in [0, 0.05) is 36.2 Å². The number of anilines is 1. The molecule has 2 aromatic carbocycles. The van der Waals surface area contributed by atoms with Crippen molar-refractivity contribution in [2.75, 3.05) is 19.0 Å². The van der Waals surface area contributed by atoms with E-state index in [1.165, 1.54) is 4.57 Å². The second-order valence-electron chi connectivity index (χ2n) is 6.30. The van der Waals surface area contributed by atoms with Gasteiger partial charge >= 0.3 is 5.97 Å². The SMILES string of the molecule is CO.O=C(O)Cn1c(O)c(N=NC(=O)CCCNc2ccc(Cl)cc2)c2ccccc21. The third-order valence-corrected chi connectivity index (χ3v) is 4.47. The Bertz CT molecular complexity index is 1060. The highest BCUT2D eigenvalue weighted by Crippen LogP contribution is 2.38. The first-order valence-electron chi connectivity index (χ1n) is 9.36. The molecule has 10 heteroatoms. The quantitative estimate of drug-likeness (QED) is 0.302. The third-order valence-electron chi connectivity index (χ3n) is 4.21. The summed E-state index contributed by atoms with van der Waals surface area (Å²) in [5.74, 6) is -1.87. The highest BCUT2D eigenvalue weighted by atomic mass is 35.5. The van der Waals surface area contributed by atoms with Crippen LogP contribution in [-0.4, -0.2) is 45.4 Å². The van der Waals surface area contributed by atoms with Crippen LogP contribution in [0.2, 0.25) is 5.02 Å². The summed E-state index contributed by atoms with van der Waals surface area (Å²) in [5.41, 5.74) is 1.48. The van der Waals surface area contributed by atoms with Crippen molar-refractivity contribution in [3.63, 3.8) is 0 Å². The second-order valence-corrected chi connectivity index (χ2v) is 6.74. The Labute approximate surface area is 183 Å². The Kier molecular flexibility index (Phi) is 8.98. The van der Waals surface area contributed by atoms with Gasteiger partial charge in [0.2, 0.25) is 5.88 Å². The number of benzene rings is 2. The molecule has 1 aromatic heterocycles. The molecule has 0 saturated heterocycles. The molecule has 0 aliphatic heterocycles. The van der Waals surface area contributed by atoms with E-state index in [1.807, 2.05) is 12.1 Å². The minimum atomic E-state index is -1.10.